The van der Waals surface area contributed by atoms with Crippen molar-refractivity contribution < 1.29 is 19.1 Å². The van der Waals surface area contributed by atoms with Gasteiger partial charge >= 0.3 is 0 Å². The summed E-state index contributed by atoms with van der Waals surface area (Å²) < 4.78 is 11.1. The Labute approximate surface area is 182 Å². The number of amides is 2. The average Bonchev–Trinajstić information content (AvgIpc) is 2.77. The van der Waals surface area contributed by atoms with Crippen LogP contribution in [0.15, 0.2) is 60.7 Å². The van der Waals surface area contributed by atoms with Gasteiger partial charge in [0.25, 0.3) is 11.8 Å². The Morgan fingerprint density at radius 3 is 2.23 bits per heavy atom. The number of hydrogen-bond acceptors (Lipinski definition) is 4. The van der Waals surface area contributed by atoms with Crippen LogP contribution in [-0.4, -0.2) is 31.6 Å². The van der Waals surface area contributed by atoms with E-state index in [1.54, 1.807) is 31.4 Å². The van der Waals surface area contributed by atoms with Gasteiger partial charge in [0.05, 0.1) is 18.4 Å². The highest BCUT2D eigenvalue weighted by Gasteiger charge is 2.18. The number of carbonyl (C=O) groups excluding carboxylic acids is 2. The zero-order chi connectivity index (χ0) is 22.4. The predicted octanol–water partition coefficient (Wildman–Crippen LogP) is 4.64. The zero-order valence-electron chi connectivity index (χ0n) is 18.3. The molecule has 3 rings (SSSR count). The Balaban J connectivity index is 1.86. The predicted molar refractivity (Wildman–Crippen MR) is 123 cm³/mol. The molecule has 0 aromatic heterocycles. The summed E-state index contributed by atoms with van der Waals surface area (Å²) in [5.41, 5.74) is 0.895. The fourth-order valence-corrected chi connectivity index (χ4v) is 3.06. The van der Waals surface area contributed by atoms with E-state index in [-0.39, 0.29) is 24.5 Å². The summed E-state index contributed by atoms with van der Waals surface area (Å²) in [5.74, 6) is 0.637. The second kappa shape index (κ2) is 9.98. The highest BCUT2D eigenvalue weighted by molar-refractivity contribution is 6.09. The van der Waals surface area contributed by atoms with Crippen LogP contribution < -0.4 is 20.1 Å². The quantitative estimate of drug-likeness (QED) is 0.557. The number of carbonyl (C=O) groups is 2. The van der Waals surface area contributed by atoms with E-state index in [4.69, 9.17) is 9.47 Å². The van der Waals surface area contributed by atoms with Gasteiger partial charge in [-0.05, 0) is 47.9 Å². The molecule has 0 aliphatic heterocycles. The lowest BCUT2D eigenvalue weighted by atomic mass is 10.0. The minimum absolute atomic E-state index is 0.0287. The maximum absolute atomic E-state index is 13.1. The SMILES string of the molecule is COc1ccccc1NC(=O)c1cc2ccccc2cc1OCC(=O)N[C@@H](C)C(C)C. The van der Waals surface area contributed by atoms with E-state index >= 15 is 0 Å². The number of ether oxygens (including phenoxy) is 2. The van der Waals surface area contributed by atoms with Crippen LogP contribution in [0.25, 0.3) is 10.8 Å². The van der Waals surface area contributed by atoms with Crippen LogP contribution >= 0.6 is 0 Å². The molecule has 0 unspecified atom stereocenters. The van der Waals surface area contributed by atoms with Crippen molar-refractivity contribution in [2.45, 2.75) is 26.8 Å². The van der Waals surface area contributed by atoms with Gasteiger partial charge in [-0.1, -0.05) is 50.2 Å². The van der Waals surface area contributed by atoms with E-state index in [1.165, 1.54) is 0 Å². The van der Waals surface area contributed by atoms with Crippen LogP contribution in [0.4, 0.5) is 5.69 Å². The number of hydrogen-bond donors (Lipinski definition) is 2. The molecule has 0 bridgehead atoms. The normalized spacial score (nSPS) is 11.8. The number of anilines is 1. The second-order valence-electron chi connectivity index (χ2n) is 7.74. The van der Waals surface area contributed by atoms with Crippen molar-refractivity contribution in [3.63, 3.8) is 0 Å². The van der Waals surface area contributed by atoms with Crippen molar-refractivity contribution in [3.8, 4) is 11.5 Å². The lowest BCUT2D eigenvalue weighted by Crippen LogP contribution is -2.39. The van der Waals surface area contributed by atoms with Crippen molar-refractivity contribution in [2.24, 2.45) is 5.92 Å². The monoisotopic (exact) mass is 420 g/mol. The van der Waals surface area contributed by atoms with Crippen molar-refractivity contribution in [3.05, 3.63) is 66.2 Å². The molecule has 3 aromatic carbocycles. The van der Waals surface area contributed by atoms with Gasteiger partial charge in [-0.25, -0.2) is 0 Å². The molecule has 2 N–H and O–H groups in total. The molecule has 6 nitrogen and oxygen atoms in total. The Bertz CT molecular complexity index is 1080. The molecule has 0 heterocycles. The molecule has 1 atom stereocenters. The first kappa shape index (κ1) is 22.2. The van der Waals surface area contributed by atoms with Crippen molar-refractivity contribution in [1.29, 1.82) is 0 Å². The summed E-state index contributed by atoms with van der Waals surface area (Å²) in [6, 6.07) is 18.4. The number of fused-ring (bicyclic) bond motifs is 1. The lowest BCUT2D eigenvalue weighted by molar-refractivity contribution is -0.124. The molecule has 0 saturated carbocycles. The first-order valence-electron chi connectivity index (χ1n) is 10.3. The van der Waals surface area contributed by atoms with Crippen LogP contribution in [0.2, 0.25) is 0 Å². The van der Waals surface area contributed by atoms with Gasteiger partial charge in [0.2, 0.25) is 0 Å². The number of methoxy groups -OCH3 is 1. The first-order valence-corrected chi connectivity index (χ1v) is 10.3. The summed E-state index contributed by atoms with van der Waals surface area (Å²) in [7, 11) is 1.55. The van der Waals surface area contributed by atoms with Crippen LogP contribution in [-0.2, 0) is 4.79 Å². The van der Waals surface area contributed by atoms with Gasteiger partial charge in [0.15, 0.2) is 6.61 Å². The van der Waals surface area contributed by atoms with Crippen molar-refractivity contribution in [2.75, 3.05) is 19.0 Å². The molecule has 0 saturated heterocycles. The molecule has 0 fully saturated rings. The smallest absolute Gasteiger partial charge is 0.259 e. The summed E-state index contributed by atoms with van der Waals surface area (Å²) in [4.78, 5) is 25.4. The molecule has 3 aromatic rings. The number of benzene rings is 3. The molecule has 2 amide bonds. The van der Waals surface area contributed by atoms with E-state index in [0.717, 1.165) is 10.8 Å². The minimum Gasteiger partial charge on any atom is -0.495 e. The third-order valence-corrected chi connectivity index (χ3v) is 5.20. The third kappa shape index (κ3) is 5.54. The molecular formula is C25H28N2O4. The van der Waals surface area contributed by atoms with Gasteiger partial charge in [-0.3, -0.25) is 9.59 Å². The van der Waals surface area contributed by atoms with Gasteiger partial charge in [0.1, 0.15) is 11.5 Å². The van der Waals surface area contributed by atoms with Crippen molar-refractivity contribution >= 4 is 28.3 Å². The molecule has 0 aliphatic rings. The Morgan fingerprint density at radius 1 is 0.903 bits per heavy atom. The van der Waals surface area contributed by atoms with E-state index in [9.17, 15) is 9.59 Å². The minimum atomic E-state index is -0.346. The third-order valence-electron chi connectivity index (χ3n) is 5.20. The Hall–Kier alpha value is -3.54. The zero-order valence-corrected chi connectivity index (χ0v) is 18.3. The van der Waals surface area contributed by atoms with Crippen LogP contribution in [0.5, 0.6) is 11.5 Å². The second-order valence-corrected chi connectivity index (χ2v) is 7.74. The summed E-state index contributed by atoms with van der Waals surface area (Å²) >= 11 is 0. The van der Waals surface area contributed by atoms with E-state index < -0.39 is 0 Å². The van der Waals surface area contributed by atoms with Crippen LogP contribution in [0, 0.1) is 5.92 Å². The number of nitrogens with one attached hydrogen (secondary N) is 2. The van der Waals surface area contributed by atoms with Crippen molar-refractivity contribution in [1.82, 2.24) is 5.32 Å². The summed E-state index contributed by atoms with van der Waals surface area (Å²) in [6.45, 7) is 5.85. The van der Waals surface area contributed by atoms with Crippen LogP contribution in [0.1, 0.15) is 31.1 Å². The molecular weight excluding hydrogens is 392 g/mol. The maximum Gasteiger partial charge on any atom is 0.259 e. The molecule has 6 heteroatoms. The fraction of sp³-hybridized carbons (Fsp3) is 0.280. The Morgan fingerprint density at radius 2 is 1.55 bits per heavy atom. The van der Waals surface area contributed by atoms with E-state index in [1.807, 2.05) is 57.2 Å². The fourth-order valence-electron chi connectivity index (χ4n) is 3.06. The highest BCUT2D eigenvalue weighted by Crippen LogP contribution is 2.29. The molecule has 0 spiro atoms. The first-order chi connectivity index (χ1) is 14.9. The molecule has 162 valence electrons. The molecule has 0 radical (unpaired) electrons. The van der Waals surface area contributed by atoms with Gasteiger partial charge in [-0.15, -0.1) is 0 Å². The lowest BCUT2D eigenvalue weighted by Gasteiger charge is -2.18. The maximum atomic E-state index is 13.1. The van der Waals surface area contributed by atoms with E-state index in [2.05, 4.69) is 10.6 Å². The molecule has 0 aliphatic carbocycles. The number of para-hydroxylation sites is 2. The average molecular weight is 421 g/mol. The summed E-state index contributed by atoms with van der Waals surface area (Å²) in [5, 5.41) is 7.60. The topological polar surface area (TPSA) is 76.7 Å². The van der Waals surface area contributed by atoms with Gasteiger partial charge in [-0.2, -0.15) is 0 Å². The van der Waals surface area contributed by atoms with Gasteiger partial charge in [0, 0.05) is 6.04 Å². The standard InChI is InChI=1S/C25H28N2O4/c1-16(2)17(3)26-24(28)15-31-23-14-19-10-6-5-9-18(19)13-20(23)25(29)27-21-11-7-8-12-22(21)30-4/h5-14,16-17H,15H2,1-4H3,(H,26,28)(H,27,29)/t17-/m0/s1. The van der Waals surface area contributed by atoms with Gasteiger partial charge < -0.3 is 20.1 Å². The molecule has 31 heavy (non-hydrogen) atoms. The summed E-state index contributed by atoms with van der Waals surface area (Å²) in [6.07, 6.45) is 0. The Kier molecular flexibility index (Phi) is 7.13. The largest absolute Gasteiger partial charge is 0.495 e. The van der Waals surface area contributed by atoms with Crippen LogP contribution in [0.3, 0.4) is 0 Å². The highest BCUT2D eigenvalue weighted by atomic mass is 16.5. The van der Waals surface area contributed by atoms with E-state index in [0.29, 0.717) is 28.7 Å². The number of rotatable bonds is 8.